The van der Waals surface area contributed by atoms with Crippen LogP contribution >= 0.6 is 0 Å². The average molecular weight is 693 g/mol. The Morgan fingerprint density at radius 2 is 1.00 bits per heavy atom. The molecule has 0 aliphatic carbocycles. The predicted molar refractivity (Wildman–Crippen MR) is 11.5 cm³/mol. The van der Waals surface area contributed by atoms with Crippen molar-refractivity contribution in [1.82, 2.24) is 0 Å². The summed E-state index contributed by atoms with van der Waals surface area (Å²) in [7, 11) is 0. The molecule has 0 aliphatic rings. The van der Waals surface area contributed by atoms with E-state index in [1.807, 2.05) is 0 Å². The zero-order valence-electron chi connectivity index (χ0n) is 1.88. The van der Waals surface area contributed by atoms with Crippen molar-refractivity contribution < 1.29 is 58.6 Å². The summed E-state index contributed by atoms with van der Waals surface area (Å²) in [5, 5.41) is 0. The third kappa shape index (κ3) is 18.5. The van der Waals surface area contributed by atoms with Gasteiger partial charge in [-0.3, -0.25) is 0 Å². The third-order valence-electron chi connectivity index (χ3n) is 0. The molecule has 0 aromatic heterocycles. The van der Waals surface area contributed by atoms with Gasteiger partial charge in [0, 0.05) is 109 Å². The fourth-order valence-electron chi connectivity index (χ4n) is 0. The standard InChI is InChI=1S/Bi.Cu.Pd.Pt.Sn. The van der Waals surface area contributed by atoms with Crippen LogP contribution in [0.3, 0.4) is 0 Å². The second kappa shape index (κ2) is 25.7. The van der Waals surface area contributed by atoms with Gasteiger partial charge >= 0.3 is 0 Å². The van der Waals surface area contributed by atoms with Gasteiger partial charge in [-0.2, -0.15) is 0 Å². The molecular formula is BiCuPdPtSn. The summed E-state index contributed by atoms with van der Waals surface area (Å²) in [4.78, 5) is 0. The van der Waals surface area contributed by atoms with E-state index in [2.05, 4.69) is 0 Å². The molecule has 0 aromatic carbocycles. The van der Waals surface area contributed by atoms with Crippen LogP contribution in [0, 0.1) is 0 Å². The molecule has 0 nitrogen and oxygen atoms in total. The van der Waals surface area contributed by atoms with Crippen LogP contribution in [0.5, 0.6) is 0 Å². The Hall–Kier alpha value is 3.55. The Balaban J connectivity index is 0. The summed E-state index contributed by atoms with van der Waals surface area (Å²) >= 11 is 0. The van der Waals surface area contributed by atoms with Crippen LogP contribution in [0.1, 0.15) is 0 Å². The van der Waals surface area contributed by atoms with Gasteiger partial charge in [-0.25, -0.2) is 0 Å². The first-order valence-corrected chi connectivity index (χ1v) is 0. The Morgan fingerprint density at radius 3 is 1.00 bits per heavy atom. The molecule has 0 aliphatic heterocycles. The summed E-state index contributed by atoms with van der Waals surface area (Å²) in [5.41, 5.74) is 0. The quantitative estimate of drug-likeness (QED) is 0.293. The van der Waals surface area contributed by atoms with Gasteiger partial charge in [-0.15, -0.1) is 0 Å². The van der Waals surface area contributed by atoms with E-state index in [4.69, 9.17) is 0 Å². The first kappa shape index (κ1) is 38.7. The van der Waals surface area contributed by atoms with E-state index in [1.54, 1.807) is 0 Å². The van der Waals surface area contributed by atoms with Crippen molar-refractivity contribution in [3.05, 3.63) is 0 Å². The SMILES string of the molecule is [Bi].[Cu].[Pd].[Pt].[Sn]. The summed E-state index contributed by atoms with van der Waals surface area (Å²) in [5.74, 6) is 0. The van der Waals surface area contributed by atoms with E-state index in [9.17, 15) is 0 Å². The molecule has 5 heavy (non-hydrogen) atoms. The topological polar surface area (TPSA) is 0 Å². The summed E-state index contributed by atoms with van der Waals surface area (Å²) in [6.07, 6.45) is 0. The van der Waals surface area contributed by atoms with Gasteiger partial charge in [-0.05, 0) is 0 Å². The van der Waals surface area contributed by atoms with Crippen molar-refractivity contribution in [3.8, 4) is 0 Å². The Labute approximate surface area is 106 Å². The summed E-state index contributed by atoms with van der Waals surface area (Å²) in [6, 6.07) is 0. The molecule has 5 heteroatoms. The van der Waals surface area contributed by atoms with Crippen molar-refractivity contribution in [2.24, 2.45) is 0 Å². The first-order valence-electron chi connectivity index (χ1n) is 0. The smallest absolute Gasteiger partial charge is 0 e. The zero-order valence-corrected chi connectivity index (χ0v) is 13.0. The van der Waals surface area contributed by atoms with Crippen LogP contribution in [0.4, 0.5) is 0 Å². The first-order chi connectivity index (χ1) is 0. The van der Waals surface area contributed by atoms with E-state index in [0.717, 1.165) is 0 Å². The molecule has 0 N–H and O–H groups in total. The van der Waals surface area contributed by atoms with Gasteiger partial charge in [-0.1, -0.05) is 0 Å². The van der Waals surface area contributed by atoms with Gasteiger partial charge in [0.15, 0.2) is 0 Å². The minimum atomic E-state index is 0. The normalized spacial score (nSPS) is 0. The van der Waals surface area contributed by atoms with Gasteiger partial charge < -0.3 is 0 Å². The van der Waals surface area contributed by atoms with Gasteiger partial charge in [0.1, 0.15) is 0 Å². The Morgan fingerprint density at radius 1 is 1.00 bits per heavy atom. The molecular weight excluding hydrogens is 693 g/mol. The second-order valence-corrected chi connectivity index (χ2v) is 0. The monoisotopic (exact) mass is 693 g/mol. The van der Waals surface area contributed by atoms with Crippen molar-refractivity contribution in [2.45, 2.75) is 0 Å². The molecule has 0 atom stereocenters. The number of hydrogen-bond acceptors (Lipinski definition) is 0. The Bertz CT molecular complexity index is 11.6. The number of rotatable bonds is 0. The van der Waals surface area contributed by atoms with Crippen LogP contribution in [-0.2, 0) is 58.6 Å². The largest absolute Gasteiger partial charge is 0 e. The molecule has 0 aromatic rings. The van der Waals surface area contributed by atoms with E-state index >= 15 is 0 Å². The van der Waals surface area contributed by atoms with E-state index < -0.39 is 0 Å². The third-order valence-corrected chi connectivity index (χ3v) is 0. The van der Waals surface area contributed by atoms with Gasteiger partial charge in [0.25, 0.3) is 0 Å². The number of hydrogen-bond donors (Lipinski definition) is 0. The maximum atomic E-state index is 0. The van der Waals surface area contributed by atoms with Crippen LogP contribution in [0.15, 0.2) is 0 Å². The molecule has 0 saturated carbocycles. The molecule has 0 unspecified atom stereocenters. The van der Waals surface area contributed by atoms with Crippen molar-refractivity contribution in [3.63, 3.8) is 0 Å². The minimum absolute atomic E-state index is 0. The molecule has 0 spiro atoms. The molecule has 0 rings (SSSR count). The van der Waals surface area contributed by atoms with Crippen molar-refractivity contribution >= 4 is 50.1 Å². The van der Waals surface area contributed by atoms with Gasteiger partial charge in [0.05, 0.1) is 0 Å². The molecule has 0 bridgehead atoms. The molecule has 0 fully saturated rings. The predicted octanol–water partition coefficient (Wildman–Crippen LogP) is -0.769. The summed E-state index contributed by atoms with van der Waals surface area (Å²) < 4.78 is 0. The molecule has 40 valence electrons. The van der Waals surface area contributed by atoms with Crippen molar-refractivity contribution in [1.29, 1.82) is 0 Å². The van der Waals surface area contributed by atoms with E-state index in [0.29, 0.717) is 0 Å². The molecule has 0 saturated heterocycles. The Kier molecular flexibility index (Phi) is 199. The van der Waals surface area contributed by atoms with E-state index in [-0.39, 0.29) is 109 Å². The fourth-order valence-corrected chi connectivity index (χ4v) is 0. The second-order valence-electron chi connectivity index (χ2n) is 0. The van der Waals surface area contributed by atoms with Crippen molar-refractivity contribution in [2.75, 3.05) is 0 Å². The average Bonchev–Trinajstić information content (AvgIpc) is 0. The van der Waals surface area contributed by atoms with Gasteiger partial charge in [0.2, 0.25) is 0 Å². The molecule has 8 radical (unpaired) electrons. The summed E-state index contributed by atoms with van der Waals surface area (Å²) in [6.45, 7) is 0. The zero-order chi connectivity index (χ0) is 0. The minimum Gasteiger partial charge on any atom is 0 e. The molecule has 0 amide bonds. The van der Waals surface area contributed by atoms with E-state index in [1.165, 1.54) is 0 Å². The maximum Gasteiger partial charge on any atom is 0 e. The maximum absolute atomic E-state index is 0. The van der Waals surface area contributed by atoms with Crippen LogP contribution < -0.4 is 0 Å². The van der Waals surface area contributed by atoms with Crippen LogP contribution in [0.2, 0.25) is 0 Å². The van der Waals surface area contributed by atoms with Crippen LogP contribution in [0.25, 0.3) is 0 Å². The van der Waals surface area contributed by atoms with Crippen LogP contribution in [-0.4, -0.2) is 50.1 Å². The molecule has 0 heterocycles. The fraction of sp³-hybridized carbons (Fsp3) is 0.